The summed E-state index contributed by atoms with van der Waals surface area (Å²) in [6, 6.07) is 10.9. The van der Waals surface area contributed by atoms with Crippen molar-refractivity contribution in [2.45, 2.75) is 12.3 Å². The van der Waals surface area contributed by atoms with Crippen LogP contribution in [0.2, 0.25) is 0 Å². The van der Waals surface area contributed by atoms with Crippen molar-refractivity contribution in [2.75, 3.05) is 13.6 Å². The Kier molecular flexibility index (Phi) is 5.05. The van der Waals surface area contributed by atoms with Gasteiger partial charge in [-0.25, -0.2) is 4.39 Å². The highest BCUT2D eigenvalue weighted by Gasteiger charge is 2.16. The van der Waals surface area contributed by atoms with Crippen LogP contribution >= 0.6 is 15.9 Å². The summed E-state index contributed by atoms with van der Waals surface area (Å²) in [6.45, 7) is 0.721. The first-order valence-electron chi connectivity index (χ1n) is 6.20. The van der Waals surface area contributed by atoms with Crippen LogP contribution < -0.4 is 5.32 Å². The SMILES string of the molecule is CNCC(Cc1ccc(Br)cn1)c1ccccc1F. The standard InChI is InChI=1S/C15H16BrFN2/c1-18-9-11(14-4-2-3-5-15(14)17)8-13-7-6-12(16)10-19-13/h2-7,10-11,18H,8-9H2,1H3. The van der Waals surface area contributed by atoms with Crippen molar-refractivity contribution in [2.24, 2.45) is 0 Å². The maximum absolute atomic E-state index is 13.9. The van der Waals surface area contributed by atoms with E-state index in [0.717, 1.165) is 28.7 Å². The summed E-state index contributed by atoms with van der Waals surface area (Å²) in [6.07, 6.45) is 2.49. The number of hydrogen-bond acceptors (Lipinski definition) is 2. The summed E-state index contributed by atoms with van der Waals surface area (Å²) in [7, 11) is 1.88. The number of benzene rings is 1. The van der Waals surface area contributed by atoms with Crippen molar-refractivity contribution in [3.8, 4) is 0 Å². The number of aromatic nitrogens is 1. The molecule has 1 aromatic carbocycles. The lowest BCUT2D eigenvalue weighted by Crippen LogP contribution is -2.20. The molecule has 19 heavy (non-hydrogen) atoms. The minimum atomic E-state index is -0.153. The van der Waals surface area contributed by atoms with Crippen LogP contribution in [0.1, 0.15) is 17.2 Å². The Hall–Kier alpha value is -1.26. The molecule has 2 rings (SSSR count). The van der Waals surface area contributed by atoms with Crippen molar-refractivity contribution in [1.29, 1.82) is 0 Å². The van der Waals surface area contributed by atoms with Gasteiger partial charge in [0.25, 0.3) is 0 Å². The summed E-state index contributed by atoms with van der Waals surface area (Å²) >= 11 is 3.36. The van der Waals surface area contributed by atoms with Gasteiger partial charge >= 0.3 is 0 Å². The summed E-state index contributed by atoms with van der Waals surface area (Å²) in [5, 5.41) is 3.12. The van der Waals surface area contributed by atoms with Gasteiger partial charge in [-0.3, -0.25) is 4.98 Å². The number of halogens is 2. The number of nitrogens with zero attached hydrogens (tertiary/aromatic N) is 1. The number of nitrogens with one attached hydrogen (secondary N) is 1. The van der Waals surface area contributed by atoms with Crippen LogP contribution in [0.4, 0.5) is 4.39 Å². The zero-order valence-electron chi connectivity index (χ0n) is 10.7. The van der Waals surface area contributed by atoms with Gasteiger partial charge in [-0.15, -0.1) is 0 Å². The molecule has 0 aliphatic rings. The van der Waals surface area contributed by atoms with E-state index in [2.05, 4.69) is 26.2 Å². The maximum atomic E-state index is 13.9. The molecule has 0 saturated heterocycles. The highest BCUT2D eigenvalue weighted by Crippen LogP contribution is 2.22. The quantitative estimate of drug-likeness (QED) is 0.910. The summed E-state index contributed by atoms with van der Waals surface area (Å²) in [5.74, 6) is -0.0697. The Bertz CT molecular complexity index is 528. The first-order chi connectivity index (χ1) is 9.20. The predicted octanol–water partition coefficient (Wildman–Crippen LogP) is 3.53. The van der Waals surface area contributed by atoms with Gasteiger partial charge in [0.1, 0.15) is 5.82 Å². The van der Waals surface area contributed by atoms with Crippen LogP contribution in [-0.4, -0.2) is 18.6 Å². The van der Waals surface area contributed by atoms with Gasteiger partial charge in [0, 0.05) is 28.8 Å². The molecule has 1 heterocycles. The van der Waals surface area contributed by atoms with Crippen LogP contribution in [0.25, 0.3) is 0 Å². The molecule has 0 aliphatic heterocycles. The van der Waals surface area contributed by atoms with Crippen molar-refractivity contribution in [1.82, 2.24) is 10.3 Å². The van der Waals surface area contributed by atoms with Crippen LogP contribution in [0.5, 0.6) is 0 Å². The van der Waals surface area contributed by atoms with E-state index >= 15 is 0 Å². The minimum absolute atomic E-state index is 0.0832. The van der Waals surface area contributed by atoms with E-state index in [0.29, 0.717) is 0 Å². The molecule has 0 saturated carbocycles. The second-order valence-electron chi connectivity index (χ2n) is 4.45. The number of pyridine rings is 1. The number of hydrogen-bond donors (Lipinski definition) is 1. The van der Waals surface area contributed by atoms with E-state index in [9.17, 15) is 4.39 Å². The smallest absolute Gasteiger partial charge is 0.126 e. The zero-order valence-corrected chi connectivity index (χ0v) is 12.3. The molecule has 1 unspecified atom stereocenters. The fourth-order valence-electron chi connectivity index (χ4n) is 2.12. The van der Waals surface area contributed by atoms with Gasteiger partial charge in [0.15, 0.2) is 0 Å². The Balaban J connectivity index is 2.21. The number of likely N-dealkylation sites (N-methyl/N-ethyl adjacent to an activating group) is 1. The molecule has 0 aliphatic carbocycles. The topological polar surface area (TPSA) is 24.9 Å². The van der Waals surface area contributed by atoms with E-state index in [1.165, 1.54) is 6.07 Å². The molecule has 0 fully saturated rings. The van der Waals surface area contributed by atoms with E-state index in [4.69, 9.17) is 0 Å². The third kappa shape index (κ3) is 3.85. The second kappa shape index (κ2) is 6.78. The highest BCUT2D eigenvalue weighted by atomic mass is 79.9. The molecular formula is C15H16BrFN2. The summed E-state index contributed by atoms with van der Waals surface area (Å²) in [4.78, 5) is 4.36. The average Bonchev–Trinajstić information content (AvgIpc) is 2.41. The molecule has 1 N–H and O–H groups in total. The van der Waals surface area contributed by atoms with Gasteiger partial charge < -0.3 is 5.32 Å². The third-order valence-electron chi connectivity index (χ3n) is 3.04. The van der Waals surface area contributed by atoms with Crippen molar-refractivity contribution < 1.29 is 4.39 Å². The molecule has 4 heteroatoms. The fourth-order valence-corrected chi connectivity index (χ4v) is 2.36. The lowest BCUT2D eigenvalue weighted by atomic mass is 9.93. The highest BCUT2D eigenvalue weighted by molar-refractivity contribution is 9.10. The van der Waals surface area contributed by atoms with Crippen molar-refractivity contribution >= 4 is 15.9 Å². The lowest BCUT2D eigenvalue weighted by Gasteiger charge is -2.17. The predicted molar refractivity (Wildman–Crippen MR) is 78.7 cm³/mol. The third-order valence-corrected chi connectivity index (χ3v) is 3.51. The van der Waals surface area contributed by atoms with Crippen LogP contribution in [-0.2, 0) is 6.42 Å². The Labute approximate surface area is 121 Å². The molecule has 0 amide bonds. The molecule has 2 nitrogen and oxygen atoms in total. The van der Waals surface area contributed by atoms with Gasteiger partial charge in [-0.2, -0.15) is 0 Å². The monoisotopic (exact) mass is 322 g/mol. The maximum Gasteiger partial charge on any atom is 0.126 e. The van der Waals surface area contributed by atoms with Crippen LogP contribution in [0.3, 0.4) is 0 Å². The van der Waals surface area contributed by atoms with Crippen molar-refractivity contribution in [3.63, 3.8) is 0 Å². The normalized spacial score (nSPS) is 12.4. The van der Waals surface area contributed by atoms with Gasteiger partial charge in [-0.05, 0) is 53.2 Å². The van der Waals surface area contributed by atoms with Gasteiger partial charge in [0.05, 0.1) is 0 Å². The first-order valence-corrected chi connectivity index (χ1v) is 6.99. The fraction of sp³-hybridized carbons (Fsp3) is 0.267. The first kappa shape index (κ1) is 14.2. The molecular weight excluding hydrogens is 307 g/mol. The molecule has 1 atom stereocenters. The van der Waals surface area contributed by atoms with E-state index < -0.39 is 0 Å². The van der Waals surface area contributed by atoms with Crippen molar-refractivity contribution in [3.05, 3.63) is 64.1 Å². The lowest BCUT2D eigenvalue weighted by molar-refractivity contribution is 0.553. The Morgan fingerprint density at radius 3 is 2.68 bits per heavy atom. The molecule has 100 valence electrons. The summed E-state index contributed by atoms with van der Waals surface area (Å²) < 4.78 is 14.8. The minimum Gasteiger partial charge on any atom is -0.319 e. The van der Waals surface area contributed by atoms with E-state index in [1.54, 1.807) is 12.3 Å². The van der Waals surface area contributed by atoms with E-state index in [1.807, 2.05) is 31.3 Å². The summed E-state index contributed by atoms with van der Waals surface area (Å²) in [5.41, 5.74) is 1.70. The largest absolute Gasteiger partial charge is 0.319 e. The Morgan fingerprint density at radius 1 is 1.26 bits per heavy atom. The molecule has 0 spiro atoms. The van der Waals surface area contributed by atoms with Gasteiger partial charge in [-0.1, -0.05) is 18.2 Å². The number of rotatable bonds is 5. The molecule has 1 aromatic heterocycles. The van der Waals surface area contributed by atoms with Gasteiger partial charge in [0.2, 0.25) is 0 Å². The van der Waals surface area contributed by atoms with Crippen LogP contribution in [0.15, 0.2) is 47.1 Å². The second-order valence-corrected chi connectivity index (χ2v) is 5.36. The molecule has 2 aromatic rings. The van der Waals surface area contributed by atoms with E-state index in [-0.39, 0.29) is 11.7 Å². The molecule has 0 bridgehead atoms. The van der Waals surface area contributed by atoms with Crippen LogP contribution in [0, 0.1) is 5.82 Å². The molecule has 0 radical (unpaired) electrons. The Morgan fingerprint density at radius 2 is 2.05 bits per heavy atom. The average molecular weight is 323 g/mol. The zero-order chi connectivity index (χ0) is 13.7.